The van der Waals surface area contributed by atoms with Crippen molar-refractivity contribution in [1.29, 1.82) is 0 Å². The van der Waals surface area contributed by atoms with Crippen LogP contribution in [0.5, 0.6) is 5.75 Å². The number of benzene rings is 1. The Morgan fingerprint density at radius 3 is 2.87 bits per heavy atom. The van der Waals surface area contributed by atoms with Gasteiger partial charge in [0, 0.05) is 24.8 Å². The van der Waals surface area contributed by atoms with E-state index in [4.69, 9.17) is 9.72 Å². The van der Waals surface area contributed by atoms with Crippen molar-refractivity contribution in [2.45, 2.75) is 26.7 Å². The average molecular weight is 312 g/mol. The minimum absolute atomic E-state index is 0.693. The molecule has 1 fully saturated rings. The standard InChI is InChI=1S/C18H24N4O/c1-13-7-6-10-22(12-13)18-19-14(2)11-17(21-18)20-15-8-4-5-9-16(15)23-3/h4-5,8-9,11,13H,6-7,10,12H2,1-3H3,(H,19,20,21). The number of para-hydroxylation sites is 2. The van der Waals surface area contributed by atoms with Crippen LogP contribution in [0.4, 0.5) is 17.5 Å². The maximum Gasteiger partial charge on any atom is 0.227 e. The van der Waals surface area contributed by atoms with Crippen molar-refractivity contribution in [1.82, 2.24) is 9.97 Å². The molecule has 0 saturated carbocycles. The number of nitrogens with zero attached hydrogens (tertiary/aromatic N) is 3. The van der Waals surface area contributed by atoms with E-state index in [9.17, 15) is 0 Å². The number of hydrogen-bond donors (Lipinski definition) is 1. The van der Waals surface area contributed by atoms with Crippen molar-refractivity contribution in [3.8, 4) is 5.75 Å². The Labute approximate surface area is 137 Å². The molecule has 2 heterocycles. The number of aromatic nitrogens is 2. The third-order valence-electron chi connectivity index (χ3n) is 4.15. The van der Waals surface area contributed by atoms with E-state index >= 15 is 0 Å². The first kappa shape index (κ1) is 15.6. The number of aryl methyl sites for hydroxylation is 1. The van der Waals surface area contributed by atoms with Crippen molar-refractivity contribution in [2.75, 3.05) is 30.4 Å². The van der Waals surface area contributed by atoms with Crippen molar-refractivity contribution >= 4 is 17.5 Å². The topological polar surface area (TPSA) is 50.3 Å². The summed E-state index contributed by atoms with van der Waals surface area (Å²) in [4.78, 5) is 11.6. The molecule has 122 valence electrons. The monoisotopic (exact) mass is 312 g/mol. The van der Waals surface area contributed by atoms with Crippen LogP contribution in [0.15, 0.2) is 30.3 Å². The Morgan fingerprint density at radius 2 is 2.09 bits per heavy atom. The predicted octanol–water partition coefficient (Wildman–Crippen LogP) is 3.77. The van der Waals surface area contributed by atoms with Gasteiger partial charge in [0.05, 0.1) is 12.8 Å². The highest BCUT2D eigenvalue weighted by atomic mass is 16.5. The molecule has 5 nitrogen and oxygen atoms in total. The summed E-state index contributed by atoms with van der Waals surface area (Å²) in [6.45, 7) is 6.35. The van der Waals surface area contributed by atoms with Crippen LogP contribution in [-0.2, 0) is 0 Å². The first-order valence-electron chi connectivity index (χ1n) is 8.16. The molecule has 1 unspecified atom stereocenters. The molecular formula is C18H24N4O. The quantitative estimate of drug-likeness (QED) is 0.931. The average Bonchev–Trinajstić information content (AvgIpc) is 2.55. The van der Waals surface area contributed by atoms with Crippen LogP contribution in [0.3, 0.4) is 0 Å². The lowest BCUT2D eigenvalue weighted by Crippen LogP contribution is -2.35. The molecule has 0 bridgehead atoms. The second kappa shape index (κ2) is 6.86. The Kier molecular flexibility index (Phi) is 4.65. The van der Waals surface area contributed by atoms with Gasteiger partial charge in [-0.1, -0.05) is 19.1 Å². The summed E-state index contributed by atoms with van der Waals surface area (Å²) in [5.74, 6) is 3.11. The van der Waals surface area contributed by atoms with Crippen LogP contribution in [0.25, 0.3) is 0 Å². The van der Waals surface area contributed by atoms with Crippen LogP contribution in [-0.4, -0.2) is 30.2 Å². The van der Waals surface area contributed by atoms with Gasteiger partial charge >= 0.3 is 0 Å². The predicted molar refractivity (Wildman–Crippen MR) is 93.7 cm³/mol. The largest absolute Gasteiger partial charge is 0.495 e. The number of rotatable bonds is 4. The maximum absolute atomic E-state index is 5.39. The van der Waals surface area contributed by atoms with E-state index in [1.165, 1.54) is 12.8 Å². The van der Waals surface area contributed by atoms with Gasteiger partial charge in [-0.15, -0.1) is 0 Å². The molecule has 1 aliphatic heterocycles. The Morgan fingerprint density at radius 1 is 1.26 bits per heavy atom. The third-order valence-corrected chi connectivity index (χ3v) is 4.15. The van der Waals surface area contributed by atoms with Crippen LogP contribution in [0.1, 0.15) is 25.5 Å². The third kappa shape index (κ3) is 3.73. The Hall–Kier alpha value is -2.30. The van der Waals surface area contributed by atoms with E-state index in [0.717, 1.165) is 42.0 Å². The molecule has 1 N–H and O–H groups in total. The lowest BCUT2D eigenvalue weighted by Gasteiger charge is -2.31. The lowest BCUT2D eigenvalue weighted by molar-refractivity contribution is 0.417. The molecule has 1 aliphatic rings. The van der Waals surface area contributed by atoms with Gasteiger partial charge in [-0.3, -0.25) is 0 Å². The van der Waals surface area contributed by atoms with Crippen LogP contribution in [0, 0.1) is 12.8 Å². The molecule has 1 aromatic heterocycles. The second-order valence-corrected chi connectivity index (χ2v) is 6.21. The molecule has 23 heavy (non-hydrogen) atoms. The number of piperidine rings is 1. The molecule has 0 aliphatic carbocycles. The fraction of sp³-hybridized carbons (Fsp3) is 0.444. The van der Waals surface area contributed by atoms with E-state index in [1.807, 2.05) is 37.3 Å². The maximum atomic E-state index is 5.39. The lowest BCUT2D eigenvalue weighted by atomic mass is 10.0. The zero-order valence-corrected chi connectivity index (χ0v) is 14.0. The zero-order valence-electron chi connectivity index (χ0n) is 14.0. The summed E-state index contributed by atoms with van der Waals surface area (Å²) in [5, 5.41) is 3.35. The molecule has 5 heteroatoms. The van der Waals surface area contributed by atoms with Crippen molar-refractivity contribution in [3.63, 3.8) is 0 Å². The molecule has 1 aromatic carbocycles. The highest BCUT2D eigenvalue weighted by Gasteiger charge is 2.19. The summed E-state index contributed by atoms with van der Waals surface area (Å²) in [6, 6.07) is 9.81. The number of methoxy groups -OCH3 is 1. The molecular weight excluding hydrogens is 288 g/mol. The van der Waals surface area contributed by atoms with E-state index in [0.29, 0.717) is 5.92 Å². The Bertz CT molecular complexity index is 674. The van der Waals surface area contributed by atoms with Gasteiger partial charge in [-0.05, 0) is 37.8 Å². The van der Waals surface area contributed by atoms with Gasteiger partial charge in [-0.2, -0.15) is 4.98 Å². The normalized spacial score (nSPS) is 17.9. The number of ether oxygens (including phenoxy) is 1. The summed E-state index contributed by atoms with van der Waals surface area (Å²) in [5.41, 5.74) is 1.87. The minimum Gasteiger partial charge on any atom is -0.495 e. The van der Waals surface area contributed by atoms with Crippen molar-refractivity contribution in [3.05, 3.63) is 36.0 Å². The number of hydrogen-bond acceptors (Lipinski definition) is 5. The van der Waals surface area contributed by atoms with E-state index in [1.54, 1.807) is 7.11 Å². The molecule has 3 rings (SSSR count). The second-order valence-electron chi connectivity index (χ2n) is 6.21. The summed E-state index contributed by atoms with van der Waals surface area (Å²) in [6.07, 6.45) is 2.49. The SMILES string of the molecule is COc1ccccc1Nc1cc(C)nc(N2CCCC(C)C2)n1. The number of anilines is 3. The molecule has 0 amide bonds. The van der Waals surface area contributed by atoms with E-state index in [2.05, 4.69) is 22.1 Å². The van der Waals surface area contributed by atoms with Gasteiger partial charge in [-0.25, -0.2) is 4.98 Å². The molecule has 1 atom stereocenters. The molecule has 2 aromatic rings. The van der Waals surface area contributed by atoms with E-state index < -0.39 is 0 Å². The van der Waals surface area contributed by atoms with Gasteiger partial charge < -0.3 is 15.0 Å². The van der Waals surface area contributed by atoms with Crippen molar-refractivity contribution < 1.29 is 4.74 Å². The molecule has 1 saturated heterocycles. The van der Waals surface area contributed by atoms with Crippen LogP contribution in [0.2, 0.25) is 0 Å². The first-order chi connectivity index (χ1) is 11.2. The summed E-state index contributed by atoms with van der Waals surface area (Å²) in [7, 11) is 1.67. The fourth-order valence-corrected chi connectivity index (χ4v) is 3.02. The van der Waals surface area contributed by atoms with Crippen LogP contribution >= 0.6 is 0 Å². The highest BCUT2D eigenvalue weighted by Crippen LogP contribution is 2.28. The smallest absolute Gasteiger partial charge is 0.227 e. The fourth-order valence-electron chi connectivity index (χ4n) is 3.02. The van der Waals surface area contributed by atoms with Gasteiger partial charge in [0.25, 0.3) is 0 Å². The van der Waals surface area contributed by atoms with Gasteiger partial charge in [0.15, 0.2) is 0 Å². The summed E-state index contributed by atoms with van der Waals surface area (Å²) < 4.78 is 5.39. The van der Waals surface area contributed by atoms with Crippen LogP contribution < -0.4 is 15.0 Å². The van der Waals surface area contributed by atoms with E-state index in [-0.39, 0.29) is 0 Å². The minimum atomic E-state index is 0.693. The first-order valence-corrected chi connectivity index (χ1v) is 8.16. The Balaban J connectivity index is 1.85. The molecule has 0 radical (unpaired) electrons. The molecule has 0 spiro atoms. The van der Waals surface area contributed by atoms with Crippen molar-refractivity contribution in [2.24, 2.45) is 5.92 Å². The summed E-state index contributed by atoms with van der Waals surface area (Å²) >= 11 is 0. The number of nitrogens with one attached hydrogen (secondary N) is 1. The van der Waals surface area contributed by atoms with Gasteiger partial charge in [0.2, 0.25) is 5.95 Å². The zero-order chi connectivity index (χ0) is 16.2. The van der Waals surface area contributed by atoms with Gasteiger partial charge in [0.1, 0.15) is 11.6 Å². The highest BCUT2D eigenvalue weighted by molar-refractivity contribution is 5.64.